The van der Waals surface area contributed by atoms with Gasteiger partial charge in [0.25, 0.3) is 0 Å². The molecule has 1 unspecified atom stereocenters. The van der Waals surface area contributed by atoms with Crippen molar-refractivity contribution in [2.75, 3.05) is 10.0 Å². The molecule has 2 aromatic rings. The summed E-state index contributed by atoms with van der Waals surface area (Å²) in [6.45, 7) is 16.1. The number of nitrogens with one attached hydrogen (secondary N) is 2. The second kappa shape index (κ2) is 11.3. The van der Waals surface area contributed by atoms with Gasteiger partial charge in [-0.15, -0.1) is 0 Å². The molecule has 0 aliphatic rings. The minimum Gasteiger partial charge on any atom is -0.504 e. The van der Waals surface area contributed by atoms with E-state index >= 15 is 0 Å². The quantitative estimate of drug-likeness (QED) is 0.256. The number of phenols is 1. The SMILES string of the molecule is CC(C)C(=O)Nc1cc(NS(=O)Oc2c(C(C)C)cc(C(C)C)cc2C(C)C)cc(Cl)c1O. The molecule has 0 bridgehead atoms. The summed E-state index contributed by atoms with van der Waals surface area (Å²) in [6.07, 6.45) is 0. The molecule has 1 atom stereocenters. The minimum absolute atomic E-state index is 0.0167. The Morgan fingerprint density at radius 2 is 1.48 bits per heavy atom. The monoisotopic (exact) mass is 494 g/mol. The van der Waals surface area contributed by atoms with E-state index in [2.05, 4.69) is 63.7 Å². The molecule has 0 aromatic heterocycles. The first-order chi connectivity index (χ1) is 15.3. The Labute approximate surface area is 204 Å². The first-order valence-electron chi connectivity index (χ1n) is 11.2. The second-order valence-electron chi connectivity index (χ2n) is 9.41. The molecule has 0 heterocycles. The molecule has 33 heavy (non-hydrogen) atoms. The number of carbonyl (C=O) groups excluding carboxylic acids is 1. The second-order valence-corrected chi connectivity index (χ2v) is 10.7. The molecule has 2 rings (SSSR count). The number of aromatic hydroxyl groups is 1. The zero-order valence-electron chi connectivity index (χ0n) is 20.6. The summed E-state index contributed by atoms with van der Waals surface area (Å²) >= 11 is 4.18. The van der Waals surface area contributed by atoms with Gasteiger partial charge in [0.05, 0.1) is 16.4 Å². The number of hydrogen-bond donors (Lipinski definition) is 3. The summed E-state index contributed by atoms with van der Waals surface area (Å²) in [5, 5.41) is 12.8. The number of amides is 1. The molecule has 0 aliphatic carbocycles. The van der Waals surface area contributed by atoms with Gasteiger partial charge in [0.1, 0.15) is 5.75 Å². The third-order valence-corrected chi connectivity index (χ3v) is 6.29. The predicted octanol–water partition coefficient (Wildman–Crippen LogP) is 7.08. The van der Waals surface area contributed by atoms with Crippen LogP contribution in [0.15, 0.2) is 24.3 Å². The van der Waals surface area contributed by atoms with Crippen LogP contribution in [-0.4, -0.2) is 15.2 Å². The van der Waals surface area contributed by atoms with E-state index < -0.39 is 11.3 Å². The highest BCUT2D eigenvalue weighted by Gasteiger charge is 2.21. The van der Waals surface area contributed by atoms with Gasteiger partial charge in [-0.25, -0.2) is 0 Å². The lowest BCUT2D eigenvalue weighted by Gasteiger charge is -2.22. The molecular formula is C25H35ClN2O4S. The highest BCUT2D eigenvalue weighted by Crippen LogP contribution is 2.39. The summed E-state index contributed by atoms with van der Waals surface area (Å²) in [6, 6.07) is 7.13. The average Bonchev–Trinajstić information content (AvgIpc) is 2.70. The maximum atomic E-state index is 13.0. The van der Waals surface area contributed by atoms with E-state index in [0.29, 0.717) is 17.4 Å². The number of halogens is 1. The molecule has 6 nitrogen and oxygen atoms in total. The van der Waals surface area contributed by atoms with Crippen molar-refractivity contribution in [3.8, 4) is 11.5 Å². The van der Waals surface area contributed by atoms with Crippen molar-refractivity contribution < 1.29 is 18.3 Å². The predicted molar refractivity (Wildman–Crippen MR) is 138 cm³/mol. The fourth-order valence-electron chi connectivity index (χ4n) is 3.21. The van der Waals surface area contributed by atoms with E-state index in [4.69, 9.17) is 15.8 Å². The fourth-order valence-corrected chi connectivity index (χ4v) is 4.12. The van der Waals surface area contributed by atoms with Crippen molar-refractivity contribution in [3.05, 3.63) is 46.0 Å². The first kappa shape index (κ1) is 27.0. The van der Waals surface area contributed by atoms with Crippen LogP contribution in [0.4, 0.5) is 11.4 Å². The maximum Gasteiger partial charge on any atom is 0.316 e. The van der Waals surface area contributed by atoms with Crippen LogP contribution in [0.5, 0.6) is 11.5 Å². The Kier molecular flexibility index (Phi) is 9.20. The Morgan fingerprint density at radius 3 is 1.94 bits per heavy atom. The maximum absolute atomic E-state index is 13.0. The summed E-state index contributed by atoms with van der Waals surface area (Å²) in [5.74, 6) is 0.503. The molecule has 8 heteroatoms. The Hall–Kier alpha value is -2.25. The van der Waals surface area contributed by atoms with Gasteiger partial charge >= 0.3 is 11.3 Å². The lowest BCUT2D eigenvalue weighted by molar-refractivity contribution is -0.118. The van der Waals surface area contributed by atoms with Crippen molar-refractivity contribution in [1.29, 1.82) is 0 Å². The van der Waals surface area contributed by atoms with Gasteiger partial charge in [-0.1, -0.05) is 79.1 Å². The summed E-state index contributed by atoms with van der Waals surface area (Å²) in [5.41, 5.74) is 3.67. The highest BCUT2D eigenvalue weighted by molar-refractivity contribution is 7.82. The lowest BCUT2D eigenvalue weighted by atomic mass is 9.88. The molecule has 3 N–H and O–H groups in total. The average molecular weight is 495 g/mol. The third-order valence-electron chi connectivity index (χ3n) is 5.29. The van der Waals surface area contributed by atoms with Gasteiger partial charge in [-0.3, -0.25) is 9.52 Å². The zero-order valence-corrected chi connectivity index (χ0v) is 22.1. The van der Waals surface area contributed by atoms with Crippen molar-refractivity contribution in [1.82, 2.24) is 0 Å². The number of anilines is 2. The summed E-state index contributed by atoms with van der Waals surface area (Å²) < 4.78 is 21.7. The number of hydrogen-bond acceptors (Lipinski definition) is 4. The molecule has 0 fully saturated rings. The van der Waals surface area contributed by atoms with Gasteiger partial charge in [0.15, 0.2) is 5.75 Å². The molecule has 0 radical (unpaired) electrons. The van der Waals surface area contributed by atoms with Crippen molar-refractivity contribution >= 4 is 40.1 Å². The van der Waals surface area contributed by atoms with Crippen LogP contribution >= 0.6 is 11.6 Å². The van der Waals surface area contributed by atoms with Crippen LogP contribution in [-0.2, 0) is 16.1 Å². The minimum atomic E-state index is -1.94. The van der Waals surface area contributed by atoms with Crippen LogP contribution < -0.4 is 14.2 Å². The first-order valence-corrected chi connectivity index (χ1v) is 12.6. The van der Waals surface area contributed by atoms with Gasteiger partial charge in [-0.2, -0.15) is 4.21 Å². The zero-order chi connectivity index (χ0) is 25.0. The van der Waals surface area contributed by atoms with E-state index in [1.165, 1.54) is 17.7 Å². The van der Waals surface area contributed by atoms with Crippen molar-refractivity contribution in [2.45, 2.75) is 73.1 Å². The van der Waals surface area contributed by atoms with E-state index in [-0.39, 0.29) is 40.1 Å². The highest BCUT2D eigenvalue weighted by atomic mass is 35.5. The van der Waals surface area contributed by atoms with Crippen LogP contribution in [0.2, 0.25) is 5.02 Å². The fraction of sp³-hybridized carbons (Fsp3) is 0.480. The van der Waals surface area contributed by atoms with Crippen LogP contribution in [0.1, 0.15) is 89.8 Å². The third kappa shape index (κ3) is 6.87. The lowest BCUT2D eigenvalue weighted by Crippen LogP contribution is -2.18. The van der Waals surface area contributed by atoms with Gasteiger partial charge < -0.3 is 14.6 Å². The molecule has 0 saturated heterocycles. The molecular weight excluding hydrogens is 460 g/mol. The van der Waals surface area contributed by atoms with E-state index in [1.807, 2.05) is 0 Å². The molecule has 0 aliphatic heterocycles. The molecule has 182 valence electrons. The van der Waals surface area contributed by atoms with E-state index in [9.17, 15) is 14.1 Å². The number of benzene rings is 2. The molecule has 0 spiro atoms. The molecule has 0 saturated carbocycles. The van der Waals surface area contributed by atoms with E-state index in [1.54, 1.807) is 13.8 Å². The van der Waals surface area contributed by atoms with Crippen LogP contribution in [0, 0.1) is 5.92 Å². The smallest absolute Gasteiger partial charge is 0.316 e. The van der Waals surface area contributed by atoms with Crippen LogP contribution in [0.25, 0.3) is 0 Å². The van der Waals surface area contributed by atoms with Crippen molar-refractivity contribution in [2.24, 2.45) is 5.92 Å². The Balaban J connectivity index is 2.38. The Morgan fingerprint density at radius 1 is 0.939 bits per heavy atom. The van der Waals surface area contributed by atoms with Gasteiger partial charge in [-0.05, 0) is 46.6 Å². The standard InChI is InChI=1S/C25H35ClN2O4S/c1-13(2)17-9-19(14(3)4)24(20(10-17)15(5)6)32-33(31)28-18-11-21(26)23(29)22(12-18)27-25(30)16(7)8/h9-16,28-29H,1-8H3,(H,27,30). The van der Waals surface area contributed by atoms with Crippen LogP contribution in [0.3, 0.4) is 0 Å². The van der Waals surface area contributed by atoms with E-state index in [0.717, 1.165) is 11.1 Å². The Bertz CT molecular complexity index is 1010. The largest absolute Gasteiger partial charge is 0.504 e. The topological polar surface area (TPSA) is 87.7 Å². The van der Waals surface area contributed by atoms with Gasteiger partial charge in [0.2, 0.25) is 5.91 Å². The molecule has 2 aromatic carbocycles. The summed E-state index contributed by atoms with van der Waals surface area (Å²) in [7, 11) is 0. The van der Waals surface area contributed by atoms with Gasteiger partial charge in [0, 0.05) is 5.92 Å². The number of carbonyl (C=O) groups is 1. The number of rotatable bonds is 9. The number of phenolic OH excluding ortho intramolecular Hbond substituents is 1. The van der Waals surface area contributed by atoms with Crippen molar-refractivity contribution in [3.63, 3.8) is 0 Å². The summed E-state index contributed by atoms with van der Waals surface area (Å²) in [4.78, 5) is 12.1. The molecule has 1 amide bonds. The normalized spacial score (nSPS) is 12.5.